The lowest BCUT2D eigenvalue weighted by Gasteiger charge is -2.31. The zero-order valence-electron chi connectivity index (χ0n) is 13.0. The van der Waals surface area contributed by atoms with Crippen molar-refractivity contribution in [2.45, 2.75) is 25.7 Å². The molecule has 0 aliphatic carbocycles. The highest BCUT2D eigenvalue weighted by Gasteiger charge is 2.20. The smallest absolute Gasteiger partial charge is 0.410 e. The Hall–Kier alpha value is -1.26. The molecule has 0 N–H and O–H groups in total. The summed E-state index contributed by atoms with van der Waals surface area (Å²) in [4.78, 5) is 15.5. The van der Waals surface area contributed by atoms with Crippen LogP contribution in [-0.2, 0) is 0 Å². The SMILES string of the molecule is CCN1CCC(c2cccc(OC(=O)N(C)C)c2)CC1.Cl. The van der Waals surface area contributed by atoms with Gasteiger partial charge >= 0.3 is 6.09 Å². The summed E-state index contributed by atoms with van der Waals surface area (Å²) in [5.41, 5.74) is 1.28. The molecule has 1 fully saturated rings. The molecule has 2 rings (SSSR count). The van der Waals surface area contributed by atoms with Crippen molar-refractivity contribution >= 4 is 18.5 Å². The lowest BCUT2D eigenvalue weighted by molar-refractivity contribution is 0.171. The molecule has 21 heavy (non-hydrogen) atoms. The van der Waals surface area contributed by atoms with Gasteiger partial charge in [0, 0.05) is 14.1 Å². The summed E-state index contributed by atoms with van der Waals surface area (Å²) in [6.07, 6.45) is 2.03. The molecule has 0 aromatic heterocycles. The van der Waals surface area contributed by atoms with Gasteiger partial charge in [0.1, 0.15) is 5.75 Å². The van der Waals surface area contributed by atoms with Crippen molar-refractivity contribution in [3.63, 3.8) is 0 Å². The van der Waals surface area contributed by atoms with Gasteiger partial charge in [-0.2, -0.15) is 0 Å². The molecule has 1 heterocycles. The lowest BCUT2D eigenvalue weighted by atomic mass is 9.89. The molecule has 118 valence electrons. The molecule has 1 aromatic carbocycles. The summed E-state index contributed by atoms with van der Waals surface area (Å²) in [6.45, 7) is 5.65. The number of rotatable bonds is 3. The van der Waals surface area contributed by atoms with Crippen LogP contribution in [0.3, 0.4) is 0 Å². The first-order chi connectivity index (χ1) is 9.60. The molecule has 0 spiro atoms. The first kappa shape index (κ1) is 17.8. The Kier molecular flexibility index (Phi) is 6.99. The number of benzene rings is 1. The van der Waals surface area contributed by atoms with Gasteiger partial charge in [-0.3, -0.25) is 0 Å². The Bertz CT molecular complexity index is 457. The fraction of sp³-hybridized carbons (Fsp3) is 0.562. The third-order valence-electron chi connectivity index (χ3n) is 3.93. The number of halogens is 1. The molecule has 0 radical (unpaired) electrons. The van der Waals surface area contributed by atoms with Crippen LogP contribution in [0.15, 0.2) is 24.3 Å². The number of nitrogens with zero attached hydrogens (tertiary/aromatic N) is 2. The molecule has 1 aliphatic heterocycles. The molecule has 1 amide bonds. The summed E-state index contributed by atoms with van der Waals surface area (Å²) in [6, 6.07) is 7.96. The fourth-order valence-corrected chi connectivity index (χ4v) is 2.61. The second-order valence-electron chi connectivity index (χ2n) is 5.54. The molecule has 1 saturated heterocycles. The van der Waals surface area contributed by atoms with E-state index >= 15 is 0 Å². The average Bonchev–Trinajstić information content (AvgIpc) is 2.47. The topological polar surface area (TPSA) is 32.8 Å². The third kappa shape index (κ3) is 4.90. The fourth-order valence-electron chi connectivity index (χ4n) is 2.61. The van der Waals surface area contributed by atoms with Gasteiger partial charge in [-0.1, -0.05) is 19.1 Å². The monoisotopic (exact) mass is 312 g/mol. The molecule has 0 saturated carbocycles. The minimum atomic E-state index is -0.331. The van der Waals surface area contributed by atoms with Crippen molar-refractivity contribution in [3.05, 3.63) is 29.8 Å². The van der Waals surface area contributed by atoms with Crippen LogP contribution in [0.2, 0.25) is 0 Å². The van der Waals surface area contributed by atoms with E-state index in [1.54, 1.807) is 14.1 Å². The third-order valence-corrected chi connectivity index (χ3v) is 3.93. The average molecular weight is 313 g/mol. The van der Waals surface area contributed by atoms with E-state index in [1.165, 1.54) is 23.3 Å². The van der Waals surface area contributed by atoms with Crippen molar-refractivity contribution < 1.29 is 9.53 Å². The summed E-state index contributed by atoms with van der Waals surface area (Å²) >= 11 is 0. The van der Waals surface area contributed by atoms with Gasteiger partial charge < -0.3 is 14.5 Å². The van der Waals surface area contributed by atoms with E-state index in [4.69, 9.17) is 4.74 Å². The molecule has 5 heteroatoms. The van der Waals surface area contributed by atoms with E-state index in [9.17, 15) is 4.79 Å². The number of carbonyl (C=O) groups is 1. The Morgan fingerprint density at radius 1 is 1.33 bits per heavy atom. The van der Waals surface area contributed by atoms with Crippen molar-refractivity contribution in [1.29, 1.82) is 0 Å². The molecule has 1 aliphatic rings. The Labute approximate surface area is 133 Å². The molecule has 4 nitrogen and oxygen atoms in total. The largest absolute Gasteiger partial charge is 0.414 e. The maximum atomic E-state index is 11.6. The van der Waals surface area contributed by atoms with E-state index in [-0.39, 0.29) is 18.5 Å². The van der Waals surface area contributed by atoms with Gasteiger partial charge in [0.2, 0.25) is 0 Å². The minimum Gasteiger partial charge on any atom is -0.410 e. The van der Waals surface area contributed by atoms with Gasteiger partial charge in [-0.05, 0) is 56.1 Å². The van der Waals surface area contributed by atoms with Crippen molar-refractivity contribution in [2.75, 3.05) is 33.7 Å². The highest BCUT2D eigenvalue weighted by molar-refractivity contribution is 5.85. The van der Waals surface area contributed by atoms with E-state index < -0.39 is 0 Å². The van der Waals surface area contributed by atoms with Crippen LogP contribution in [0.5, 0.6) is 5.75 Å². The van der Waals surface area contributed by atoms with Crippen LogP contribution in [0, 0.1) is 0 Å². The minimum absolute atomic E-state index is 0. The van der Waals surface area contributed by atoms with Gasteiger partial charge in [-0.25, -0.2) is 4.79 Å². The van der Waals surface area contributed by atoms with Crippen LogP contribution >= 0.6 is 12.4 Å². The summed E-state index contributed by atoms with van der Waals surface area (Å²) in [5, 5.41) is 0. The second-order valence-corrected chi connectivity index (χ2v) is 5.54. The van der Waals surface area contributed by atoms with Crippen molar-refractivity contribution in [1.82, 2.24) is 9.80 Å². The van der Waals surface area contributed by atoms with E-state index in [2.05, 4.69) is 17.9 Å². The number of ether oxygens (including phenoxy) is 1. The van der Waals surface area contributed by atoms with Crippen molar-refractivity contribution in [3.8, 4) is 5.75 Å². The number of hydrogen-bond donors (Lipinski definition) is 0. The standard InChI is InChI=1S/C16H24N2O2.ClH/c1-4-18-10-8-13(9-11-18)14-6-5-7-15(12-14)20-16(19)17(2)3;/h5-7,12-13H,4,8-11H2,1-3H3;1H. The van der Waals surface area contributed by atoms with Gasteiger partial charge in [-0.15, -0.1) is 12.4 Å². The highest BCUT2D eigenvalue weighted by atomic mass is 35.5. The number of carbonyl (C=O) groups excluding carboxylic acids is 1. The second kappa shape index (κ2) is 8.25. The first-order valence-electron chi connectivity index (χ1n) is 7.31. The number of likely N-dealkylation sites (tertiary alicyclic amines) is 1. The lowest BCUT2D eigenvalue weighted by Crippen LogP contribution is -2.32. The molecule has 0 unspecified atom stereocenters. The van der Waals surface area contributed by atoms with Crippen LogP contribution in [-0.4, -0.2) is 49.6 Å². The highest BCUT2D eigenvalue weighted by Crippen LogP contribution is 2.30. The molecule has 1 aromatic rings. The van der Waals surface area contributed by atoms with Crippen LogP contribution in [0.4, 0.5) is 4.79 Å². The Morgan fingerprint density at radius 3 is 2.57 bits per heavy atom. The summed E-state index contributed by atoms with van der Waals surface area (Å²) in [5.74, 6) is 1.22. The molecule has 0 bridgehead atoms. The number of piperidine rings is 1. The normalized spacial score (nSPS) is 16.1. The first-order valence-corrected chi connectivity index (χ1v) is 7.31. The molecule has 0 atom stereocenters. The summed E-state index contributed by atoms with van der Waals surface area (Å²) in [7, 11) is 3.37. The predicted octanol–water partition coefficient (Wildman–Crippen LogP) is 3.37. The Balaban J connectivity index is 0.00000220. The maximum absolute atomic E-state index is 11.6. The predicted molar refractivity (Wildman–Crippen MR) is 87.5 cm³/mol. The van der Waals surface area contributed by atoms with E-state index in [0.29, 0.717) is 11.7 Å². The van der Waals surface area contributed by atoms with Crippen molar-refractivity contribution in [2.24, 2.45) is 0 Å². The van der Waals surface area contributed by atoms with Gasteiger partial charge in [0.25, 0.3) is 0 Å². The van der Waals surface area contributed by atoms with Gasteiger partial charge in [0.05, 0.1) is 0 Å². The van der Waals surface area contributed by atoms with E-state index in [1.807, 2.05) is 18.2 Å². The quantitative estimate of drug-likeness (QED) is 0.858. The molecular formula is C16H25ClN2O2. The van der Waals surface area contributed by atoms with Crippen LogP contribution < -0.4 is 4.74 Å². The zero-order valence-corrected chi connectivity index (χ0v) is 13.9. The molecular weight excluding hydrogens is 288 g/mol. The Morgan fingerprint density at radius 2 is 2.00 bits per heavy atom. The number of amides is 1. The van der Waals surface area contributed by atoms with Crippen LogP contribution in [0.1, 0.15) is 31.2 Å². The number of hydrogen-bond acceptors (Lipinski definition) is 3. The maximum Gasteiger partial charge on any atom is 0.414 e. The van der Waals surface area contributed by atoms with Crippen LogP contribution in [0.25, 0.3) is 0 Å². The summed E-state index contributed by atoms with van der Waals surface area (Å²) < 4.78 is 5.33. The van der Waals surface area contributed by atoms with Gasteiger partial charge in [0.15, 0.2) is 0 Å². The van der Waals surface area contributed by atoms with E-state index in [0.717, 1.165) is 19.6 Å². The zero-order chi connectivity index (χ0) is 14.5.